The fraction of sp³-hybridized carbons (Fsp3) is 0.424. The summed E-state index contributed by atoms with van der Waals surface area (Å²) in [5.41, 5.74) is 2.56. The number of imidazole rings is 1. The number of aromatic nitrogens is 2. The lowest BCUT2D eigenvalue weighted by molar-refractivity contribution is -0.123. The molecule has 4 rings (SSSR count). The van der Waals surface area contributed by atoms with Gasteiger partial charge in [-0.3, -0.25) is 4.79 Å². The zero-order valence-electron chi connectivity index (χ0n) is 26.2. The molecule has 10 heteroatoms. The molecule has 0 bridgehead atoms. The molecule has 3 aromatic rings. The van der Waals surface area contributed by atoms with Gasteiger partial charge in [-0.15, -0.1) is 37.1 Å². The normalized spacial score (nSPS) is 12.3. The van der Waals surface area contributed by atoms with Gasteiger partial charge in [-0.1, -0.05) is 77.1 Å². The highest BCUT2D eigenvalue weighted by molar-refractivity contribution is 14.0. The van der Waals surface area contributed by atoms with Crippen LogP contribution >= 0.6 is 24.0 Å². The number of nitrogens with zero attached hydrogens (tertiary/aromatic N) is 2. The summed E-state index contributed by atoms with van der Waals surface area (Å²) in [6, 6.07) is 12.9. The summed E-state index contributed by atoms with van der Waals surface area (Å²) in [6.45, 7) is 20.6. The summed E-state index contributed by atoms with van der Waals surface area (Å²) in [7, 11) is 0. The number of hydrogen-bond donors (Lipinski definition) is 4. The number of nitrogens with one attached hydrogen (secondary N) is 4. The van der Waals surface area contributed by atoms with Crippen LogP contribution in [-0.2, 0) is 17.9 Å². The summed E-state index contributed by atoms with van der Waals surface area (Å²) in [5, 5.41) is 8.40. The van der Waals surface area contributed by atoms with Crippen molar-refractivity contribution in [1.29, 1.82) is 0 Å². The van der Waals surface area contributed by atoms with Crippen molar-refractivity contribution in [1.82, 2.24) is 30.8 Å². The van der Waals surface area contributed by atoms with Crippen molar-refractivity contribution in [2.45, 2.75) is 78.9 Å². The van der Waals surface area contributed by atoms with Gasteiger partial charge in [-0.25, -0.2) is 14.2 Å². The minimum Gasteiger partial charge on any atom is -0.375 e. The fourth-order valence-electron chi connectivity index (χ4n) is 4.20. The van der Waals surface area contributed by atoms with E-state index in [1.165, 1.54) is 18.9 Å². The third-order valence-corrected chi connectivity index (χ3v) is 6.10. The molecule has 0 saturated carbocycles. The van der Waals surface area contributed by atoms with Gasteiger partial charge >= 0.3 is 6.03 Å². The Bertz CT molecular complexity index is 1230. The van der Waals surface area contributed by atoms with E-state index in [-0.39, 0.29) is 46.2 Å². The number of carbonyl (C=O) groups excluding carboxylic acids is 2. The number of aromatic amines is 1. The first-order valence-corrected chi connectivity index (χ1v) is 14.8. The second kappa shape index (κ2) is 23.1. The maximum absolute atomic E-state index is 13.9. The van der Waals surface area contributed by atoms with Gasteiger partial charge in [0.15, 0.2) is 5.82 Å². The zero-order chi connectivity index (χ0) is 31.3. The van der Waals surface area contributed by atoms with Crippen LogP contribution in [0.5, 0.6) is 0 Å². The number of halogens is 2. The number of hydrogen-bond acceptors (Lipinski definition) is 4. The number of H-pyrrole nitrogens is 1. The number of fused-ring (bicyclic) bond motifs is 1. The predicted octanol–water partition coefficient (Wildman–Crippen LogP) is 8.18. The van der Waals surface area contributed by atoms with Crippen molar-refractivity contribution in [3.8, 4) is 0 Å². The summed E-state index contributed by atoms with van der Waals surface area (Å²) in [5.74, 6) is -0.358. The van der Waals surface area contributed by atoms with Gasteiger partial charge in [-0.05, 0) is 37.0 Å². The highest BCUT2D eigenvalue weighted by Gasteiger charge is 2.24. The van der Waals surface area contributed by atoms with E-state index >= 15 is 0 Å². The van der Waals surface area contributed by atoms with Gasteiger partial charge in [0, 0.05) is 36.0 Å². The summed E-state index contributed by atoms with van der Waals surface area (Å²) >= 11 is 0. The van der Waals surface area contributed by atoms with E-state index in [2.05, 4.69) is 64.4 Å². The van der Waals surface area contributed by atoms with Crippen LogP contribution in [0.1, 0.15) is 75.5 Å². The maximum Gasteiger partial charge on any atom is 0.315 e. The number of likely N-dealkylation sites (tertiary alicyclic amines) is 1. The maximum atomic E-state index is 13.9. The third kappa shape index (κ3) is 14.1. The fourth-order valence-corrected chi connectivity index (χ4v) is 4.20. The van der Waals surface area contributed by atoms with E-state index in [0.29, 0.717) is 24.3 Å². The molecule has 8 nitrogen and oxygen atoms in total. The van der Waals surface area contributed by atoms with Crippen molar-refractivity contribution in [2.75, 3.05) is 13.1 Å². The van der Waals surface area contributed by atoms with Gasteiger partial charge in [0.2, 0.25) is 5.91 Å². The molecule has 1 aromatic heterocycles. The van der Waals surface area contributed by atoms with E-state index in [0.717, 1.165) is 37.2 Å². The zero-order valence-corrected chi connectivity index (χ0v) is 28.5. The molecule has 43 heavy (non-hydrogen) atoms. The lowest BCUT2D eigenvalue weighted by Gasteiger charge is -2.32. The number of rotatable bonds is 9. The monoisotopic (exact) mass is 714 g/mol. The summed E-state index contributed by atoms with van der Waals surface area (Å²) < 4.78 is 13.9. The smallest absolute Gasteiger partial charge is 0.315 e. The number of carbonyl (C=O) groups is 2. The molecule has 1 aliphatic heterocycles. The van der Waals surface area contributed by atoms with Crippen molar-refractivity contribution in [3.05, 3.63) is 91.2 Å². The number of benzene rings is 2. The molecule has 0 unspecified atom stereocenters. The molecule has 1 aliphatic rings. The molecule has 0 aliphatic carbocycles. The number of para-hydroxylation sites is 1. The Morgan fingerprint density at radius 2 is 1.63 bits per heavy atom. The van der Waals surface area contributed by atoms with Crippen molar-refractivity contribution < 1.29 is 18.3 Å². The molecule has 0 spiro atoms. The lowest BCUT2D eigenvalue weighted by atomic mass is 10.1. The molecular weight excluding hydrogens is 658 g/mol. The van der Waals surface area contributed by atoms with Gasteiger partial charge in [0.25, 0.3) is 0 Å². The largest absolute Gasteiger partial charge is 0.375 e. The minimum absolute atomic E-state index is 0. The van der Waals surface area contributed by atoms with Gasteiger partial charge in [0.1, 0.15) is 17.4 Å². The van der Waals surface area contributed by atoms with E-state index < -0.39 is 17.9 Å². The molecule has 1 atom stereocenters. The van der Waals surface area contributed by atoms with Crippen molar-refractivity contribution >= 4 is 46.9 Å². The molecular formula is C33H56FIN6O2. The molecule has 2 aromatic carbocycles. The Kier molecular flexibility index (Phi) is 21.3. The average molecular weight is 715 g/mol. The minimum atomic E-state index is -0.818. The van der Waals surface area contributed by atoms with Crippen LogP contribution in [-0.4, -0.2) is 45.9 Å². The van der Waals surface area contributed by atoms with Crippen molar-refractivity contribution in [3.63, 3.8) is 0 Å². The number of urea groups is 1. The Morgan fingerprint density at radius 1 is 1.00 bits per heavy atom. The second-order valence-corrected chi connectivity index (χ2v) is 9.43. The van der Waals surface area contributed by atoms with E-state index in [1.807, 2.05) is 44.2 Å². The lowest BCUT2D eigenvalue weighted by Crippen LogP contribution is -2.50. The third-order valence-electron chi connectivity index (χ3n) is 6.10. The Labute approximate surface area is 278 Å². The van der Waals surface area contributed by atoms with Crippen LogP contribution in [0.25, 0.3) is 11.0 Å². The molecule has 0 radical (unpaired) electrons. The summed E-state index contributed by atoms with van der Waals surface area (Å²) in [6.07, 6.45) is 4.90. The summed E-state index contributed by atoms with van der Waals surface area (Å²) in [4.78, 5) is 35.1. The Morgan fingerprint density at radius 3 is 2.23 bits per heavy atom. The first kappa shape index (κ1) is 39.6. The van der Waals surface area contributed by atoms with Crippen LogP contribution in [0.15, 0.2) is 74.0 Å². The van der Waals surface area contributed by atoms with E-state index in [4.69, 9.17) is 0 Å². The van der Waals surface area contributed by atoms with Gasteiger partial charge in [-0.2, -0.15) is 0 Å². The highest BCUT2D eigenvalue weighted by Crippen LogP contribution is 2.18. The van der Waals surface area contributed by atoms with Crippen LogP contribution in [0.4, 0.5) is 9.18 Å². The van der Waals surface area contributed by atoms with Gasteiger partial charge in [0.05, 0.1) is 12.1 Å². The van der Waals surface area contributed by atoms with E-state index in [1.54, 1.807) is 12.1 Å². The highest BCUT2D eigenvalue weighted by atomic mass is 127. The predicted molar refractivity (Wildman–Crippen MR) is 193 cm³/mol. The van der Waals surface area contributed by atoms with Crippen LogP contribution in [0, 0.1) is 5.82 Å². The molecule has 2 heterocycles. The number of piperidine rings is 1. The quantitative estimate of drug-likeness (QED) is 0.133. The standard InChI is InChI=1S/C26H31FN6O2.C3H8.C2H6.C2H4.HI.3H2/c1-18(33-13-6-3-7-14-33)15-22(31-26(35)29-16-19-9-4-2-5-10-19)25(34)28-17-23-30-21-12-8-11-20(27)24(21)32-23;1-3-2;2*1-2;;;;/h2,4-5,8-12,22H,1,3,6-7,13-17H2,(H,28,34)(H,30,32)(H2,29,31,35);3H2,1-2H3;1-2H3;1-2H2;4*1H/t22-;;;;;;;/m0......./s1. The van der Waals surface area contributed by atoms with Crippen molar-refractivity contribution in [2.24, 2.45) is 0 Å². The molecule has 1 saturated heterocycles. The Hall–Kier alpha value is -3.41. The van der Waals surface area contributed by atoms with E-state index in [9.17, 15) is 14.0 Å². The van der Waals surface area contributed by atoms with Crippen LogP contribution in [0.2, 0.25) is 0 Å². The second-order valence-electron chi connectivity index (χ2n) is 9.43. The first-order valence-electron chi connectivity index (χ1n) is 14.8. The molecule has 1 fully saturated rings. The molecule has 4 N–H and O–H groups in total. The first-order chi connectivity index (χ1) is 20.4. The topological polar surface area (TPSA) is 102 Å². The van der Waals surface area contributed by atoms with Crippen LogP contribution < -0.4 is 16.0 Å². The Balaban J connectivity index is -0.000000745. The van der Waals surface area contributed by atoms with Gasteiger partial charge < -0.3 is 25.8 Å². The molecule has 244 valence electrons. The molecule has 3 amide bonds. The SMILES string of the molecule is C=C.C=C(C[C@H](NC(=O)NCc1ccccc1)C(=O)NCc1nc2c(F)cccc2[nH]1)N1CCCCC1.CC.CCC.I.[HH].[HH].[HH]. The van der Waals surface area contributed by atoms with Crippen LogP contribution in [0.3, 0.4) is 0 Å². The average Bonchev–Trinajstić information content (AvgIpc) is 3.46. The number of amides is 3.